The molecule has 114 valence electrons. The Morgan fingerprint density at radius 3 is 1.78 bits per heavy atom. The van der Waals surface area contributed by atoms with E-state index >= 15 is 0 Å². The van der Waals surface area contributed by atoms with Crippen molar-refractivity contribution in [2.24, 2.45) is 0 Å². The van der Waals surface area contributed by atoms with Gasteiger partial charge in [-0.3, -0.25) is 0 Å². The third kappa shape index (κ3) is 2.96. The van der Waals surface area contributed by atoms with Gasteiger partial charge in [-0.2, -0.15) is 0 Å². The number of rotatable bonds is 4. The Morgan fingerprint density at radius 2 is 1.26 bits per heavy atom. The van der Waals surface area contributed by atoms with Crippen molar-refractivity contribution in [3.05, 3.63) is 90.0 Å². The van der Waals surface area contributed by atoms with Gasteiger partial charge in [0.2, 0.25) is 0 Å². The minimum atomic E-state index is -0.480. The average Bonchev–Trinajstić information content (AvgIpc) is 3.44. The summed E-state index contributed by atoms with van der Waals surface area (Å²) in [7, 11) is -0.480. The Bertz CT molecular complexity index is 749. The highest BCUT2D eigenvalue weighted by Gasteiger charge is 2.27. The Kier molecular flexibility index (Phi) is 4.02. The monoisotopic (exact) mass is 316 g/mol. The lowest BCUT2D eigenvalue weighted by atomic mass is 10.1. The molecule has 1 heteroatoms. The van der Waals surface area contributed by atoms with Crippen molar-refractivity contribution in [1.29, 1.82) is 0 Å². The molecule has 23 heavy (non-hydrogen) atoms. The molecule has 0 atom stereocenters. The van der Waals surface area contributed by atoms with Crippen molar-refractivity contribution in [2.45, 2.75) is 25.7 Å². The Hall–Kier alpha value is -1.91. The fourth-order valence-corrected chi connectivity index (χ4v) is 5.80. The summed E-state index contributed by atoms with van der Waals surface area (Å²) >= 11 is 0. The molecule has 0 aliphatic heterocycles. The lowest BCUT2D eigenvalue weighted by Crippen LogP contribution is -2.23. The highest BCUT2D eigenvalue weighted by molar-refractivity contribution is 7.79. The van der Waals surface area contributed by atoms with E-state index in [2.05, 4.69) is 85.8 Å². The molecule has 3 aromatic rings. The molecule has 0 saturated heterocycles. The summed E-state index contributed by atoms with van der Waals surface area (Å²) in [5, 5.41) is 4.39. The fraction of sp³-hybridized carbons (Fsp3) is 0.182. The summed E-state index contributed by atoms with van der Waals surface area (Å²) < 4.78 is 0. The van der Waals surface area contributed by atoms with Crippen LogP contribution in [0.5, 0.6) is 0 Å². The van der Waals surface area contributed by atoms with E-state index in [1.165, 1.54) is 34.3 Å². The summed E-state index contributed by atoms with van der Waals surface area (Å²) in [5.41, 5.74) is 3.08. The van der Waals surface area contributed by atoms with Gasteiger partial charge in [0.25, 0.3) is 0 Å². The van der Waals surface area contributed by atoms with Crippen LogP contribution in [0.2, 0.25) is 0 Å². The maximum Gasteiger partial charge on any atom is -0.0119 e. The third-order valence-corrected chi connectivity index (χ3v) is 7.23. The minimum Gasteiger partial charge on any atom is -0.0622 e. The van der Waals surface area contributed by atoms with Crippen LogP contribution >= 0.6 is 7.92 Å². The predicted molar refractivity (Wildman–Crippen MR) is 102 cm³/mol. The molecule has 3 aromatic carbocycles. The van der Waals surface area contributed by atoms with Gasteiger partial charge in [-0.15, -0.1) is 0 Å². The normalized spacial score (nSPS) is 14.2. The maximum atomic E-state index is 2.34. The average molecular weight is 316 g/mol. The first kappa shape index (κ1) is 14.7. The summed E-state index contributed by atoms with van der Waals surface area (Å²) in [4.78, 5) is 0. The molecule has 0 heterocycles. The summed E-state index contributed by atoms with van der Waals surface area (Å²) in [5.74, 6) is 0.804. The van der Waals surface area contributed by atoms with E-state index in [1.54, 1.807) is 5.56 Å². The van der Waals surface area contributed by atoms with Crippen LogP contribution in [0.15, 0.2) is 78.9 Å². The van der Waals surface area contributed by atoms with Crippen LogP contribution in [0, 0.1) is 6.92 Å². The van der Waals surface area contributed by atoms with Crippen LogP contribution in [0.4, 0.5) is 0 Å². The van der Waals surface area contributed by atoms with Gasteiger partial charge in [-0.1, -0.05) is 78.9 Å². The van der Waals surface area contributed by atoms with E-state index in [4.69, 9.17) is 0 Å². The first-order valence-electron chi connectivity index (χ1n) is 8.34. The highest BCUT2D eigenvalue weighted by atomic mass is 31.1. The van der Waals surface area contributed by atoms with Gasteiger partial charge in [0.15, 0.2) is 0 Å². The molecule has 0 unspecified atom stereocenters. The minimum absolute atomic E-state index is 0.480. The van der Waals surface area contributed by atoms with Gasteiger partial charge in [-0.05, 0) is 60.6 Å². The van der Waals surface area contributed by atoms with Crippen molar-refractivity contribution in [3.63, 3.8) is 0 Å². The molecule has 1 aliphatic carbocycles. The maximum absolute atomic E-state index is 2.34. The van der Waals surface area contributed by atoms with Gasteiger partial charge in [-0.25, -0.2) is 0 Å². The van der Waals surface area contributed by atoms with Crippen LogP contribution in [-0.2, 0) is 0 Å². The molecule has 0 bridgehead atoms. The Balaban J connectivity index is 1.88. The molecule has 4 rings (SSSR count). The standard InChI is InChI=1S/C22H21P/c1-17-21(18-15-16-18)13-8-14-22(17)23(19-9-4-2-5-10-19)20-11-6-3-7-12-20/h2-14,18H,15-16H2,1H3. The molecule has 0 spiro atoms. The topological polar surface area (TPSA) is 0 Å². The molecule has 0 amide bonds. The summed E-state index contributed by atoms with van der Waals surface area (Å²) in [6.45, 7) is 2.32. The second kappa shape index (κ2) is 6.30. The molecule has 1 saturated carbocycles. The van der Waals surface area contributed by atoms with Crippen LogP contribution in [0.1, 0.15) is 29.9 Å². The van der Waals surface area contributed by atoms with Crippen molar-refractivity contribution in [2.75, 3.05) is 0 Å². The zero-order valence-electron chi connectivity index (χ0n) is 13.4. The van der Waals surface area contributed by atoms with Crippen LogP contribution in [0.3, 0.4) is 0 Å². The zero-order chi connectivity index (χ0) is 15.6. The first-order valence-corrected chi connectivity index (χ1v) is 9.68. The molecule has 1 aliphatic rings. The Morgan fingerprint density at radius 1 is 0.696 bits per heavy atom. The second-order valence-corrected chi connectivity index (χ2v) is 8.46. The molecule has 0 N–H and O–H groups in total. The first-order chi connectivity index (χ1) is 11.3. The summed E-state index contributed by atoms with van der Waals surface area (Å²) in [6, 6.07) is 28.9. The van der Waals surface area contributed by atoms with Crippen molar-refractivity contribution in [3.8, 4) is 0 Å². The van der Waals surface area contributed by atoms with E-state index in [0.29, 0.717) is 0 Å². The SMILES string of the molecule is Cc1c(C2CC2)cccc1P(c1ccccc1)c1ccccc1. The van der Waals surface area contributed by atoms with Gasteiger partial charge >= 0.3 is 0 Å². The van der Waals surface area contributed by atoms with Crippen molar-refractivity contribution < 1.29 is 0 Å². The van der Waals surface area contributed by atoms with E-state index in [9.17, 15) is 0 Å². The summed E-state index contributed by atoms with van der Waals surface area (Å²) in [6.07, 6.45) is 2.72. The molecular weight excluding hydrogens is 295 g/mol. The van der Waals surface area contributed by atoms with Gasteiger partial charge in [0, 0.05) is 0 Å². The third-order valence-electron chi connectivity index (χ3n) is 4.63. The lowest BCUT2D eigenvalue weighted by molar-refractivity contribution is 1.10. The van der Waals surface area contributed by atoms with E-state index in [1.807, 2.05) is 0 Å². The zero-order valence-corrected chi connectivity index (χ0v) is 14.3. The van der Waals surface area contributed by atoms with Gasteiger partial charge in [0.05, 0.1) is 0 Å². The van der Waals surface area contributed by atoms with Crippen LogP contribution in [-0.4, -0.2) is 0 Å². The number of benzene rings is 3. The van der Waals surface area contributed by atoms with Gasteiger partial charge in [0.1, 0.15) is 0 Å². The quantitative estimate of drug-likeness (QED) is 0.616. The van der Waals surface area contributed by atoms with Gasteiger partial charge < -0.3 is 0 Å². The smallest absolute Gasteiger partial charge is 0.0119 e. The molecule has 0 nitrogen and oxygen atoms in total. The van der Waals surface area contributed by atoms with E-state index in [0.717, 1.165) is 5.92 Å². The highest BCUT2D eigenvalue weighted by Crippen LogP contribution is 2.43. The fourth-order valence-electron chi connectivity index (χ4n) is 3.30. The molecule has 0 radical (unpaired) electrons. The number of hydrogen-bond acceptors (Lipinski definition) is 0. The largest absolute Gasteiger partial charge is 0.0622 e. The van der Waals surface area contributed by atoms with Crippen LogP contribution < -0.4 is 15.9 Å². The van der Waals surface area contributed by atoms with Crippen molar-refractivity contribution in [1.82, 2.24) is 0 Å². The lowest BCUT2D eigenvalue weighted by Gasteiger charge is -2.22. The molecular formula is C22H21P. The Labute approximate surface area is 139 Å². The second-order valence-electron chi connectivity index (χ2n) is 6.27. The predicted octanol–water partition coefficient (Wildman–Crippen LogP) is 4.63. The number of hydrogen-bond donors (Lipinski definition) is 0. The van der Waals surface area contributed by atoms with Crippen molar-refractivity contribution >= 4 is 23.8 Å². The van der Waals surface area contributed by atoms with E-state index < -0.39 is 7.92 Å². The molecule has 0 aromatic heterocycles. The van der Waals surface area contributed by atoms with Crippen LogP contribution in [0.25, 0.3) is 0 Å². The molecule has 1 fully saturated rings. The van der Waals surface area contributed by atoms with E-state index in [-0.39, 0.29) is 0 Å².